The van der Waals surface area contributed by atoms with E-state index in [9.17, 15) is 14.5 Å². The molecule has 2 radical (unpaired) electrons. The van der Waals surface area contributed by atoms with Crippen molar-refractivity contribution in [1.29, 1.82) is 0 Å². The Bertz CT molecular complexity index is 480. The molecule has 8 heteroatoms. The van der Waals surface area contributed by atoms with E-state index in [0.29, 0.717) is 19.6 Å². The summed E-state index contributed by atoms with van der Waals surface area (Å²) in [7, 11) is 5.39. The number of nitrogens with zero attached hydrogens (tertiary/aromatic N) is 1. The summed E-state index contributed by atoms with van der Waals surface area (Å²) < 4.78 is 29.2. The second-order valence-electron chi connectivity index (χ2n) is 4.08. The molecule has 0 aliphatic heterocycles. The van der Waals surface area contributed by atoms with Crippen LogP contribution in [-0.4, -0.2) is 38.9 Å². The van der Waals surface area contributed by atoms with E-state index in [1.165, 1.54) is 0 Å². The van der Waals surface area contributed by atoms with E-state index < -0.39 is 22.7 Å². The Balaban J connectivity index is 2.70. The van der Waals surface area contributed by atoms with Crippen molar-refractivity contribution in [3.63, 3.8) is 0 Å². The lowest BCUT2D eigenvalue weighted by molar-refractivity contribution is -0.386. The lowest BCUT2D eigenvalue weighted by Crippen LogP contribution is -2.20. The molecule has 1 aromatic rings. The molecule has 0 bridgehead atoms. The molecule has 114 valence electrons. The van der Waals surface area contributed by atoms with Crippen LogP contribution in [0.2, 0.25) is 0 Å². The third-order valence-electron chi connectivity index (χ3n) is 2.59. The predicted molar refractivity (Wildman–Crippen MR) is 75.6 cm³/mol. The molecule has 1 aromatic carbocycles. The van der Waals surface area contributed by atoms with E-state index in [1.54, 1.807) is 0 Å². The van der Waals surface area contributed by atoms with Gasteiger partial charge in [-0.15, -0.1) is 0 Å². The molecular weight excluding hydrogens is 280 g/mol. The monoisotopic (exact) mass is 297 g/mol. The largest absolute Gasteiger partial charge is 0.487 e. The summed E-state index contributed by atoms with van der Waals surface area (Å²) in [6.45, 7) is 4.75. The van der Waals surface area contributed by atoms with Crippen LogP contribution in [0.15, 0.2) is 12.1 Å². The van der Waals surface area contributed by atoms with Gasteiger partial charge < -0.3 is 14.2 Å². The first-order valence-electron chi connectivity index (χ1n) is 6.59. The summed E-state index contributed by atoms with van der Waals surface area (Å²) in [5.74, 6) is -0.929. The van der Waals surface area contributed by atoms with E-state index in [-0.39, 0.29) is 17.8 Å². The van der Waals surface area contributed by atoms with Gasteiger partial charge in [-0.1, -0.05) is 5.46 Å². The van der Waals surface area contributed by atoms with Crippen molar-refractivity contribution >= 4 is 19.0 Å². The van der Waals surface area contributed by atoms with Crippen LogP contribution in [0.25, 0.3) is 0 Å². The molecule has 0 amide bonds. The van der Waals surface area contributed by atoms with Crippen molar-refractivity contribution in [3.05, 3.63) is 28.1 Å². The molecule has 0 spiro atoms. The molecule has 0 aliphatic carbocycles. The molecule has 0 saturated carbocycles. The number of halogens is 1. The molecule has 0 aliphatic rings. The van der Waals surface area contributed by atoms with Gasteiger partial charge in [0.1, 0.15) is 13.7 Å². The molecular formula is C13H17BFNO5. The van der Waals surface area contributed by atoms with Gasteiger partial charge in [0.05, 0.1) is 17.6 Å². The average Bonchev–Trinajstić information content (AvgIpc) is 2.42. The molecule has 21 heavy (non-hydrogen) atoms. The lowest BCUT2D eigenvalue weighted by Gasteiger charge is -2.17. The number of ether oxygens (including phenoxy) is 3. The predicted octanol–water partition coefficient (Wildman–Crippen LogP) is 1.70. The average molecular weight is 297 g/mol. The maximum atomic E-state index is 13.2. The van der Waals surface area contributed by atoms with Gasteiger partial charge in [0.15, 0.2) is 12.0 Å². The SMILES string of the molecule is [B]c1cc(OCCC(OCC)OCC)c([N+](=O)[O-])cc1F. The second-order valence-corrected chi connectivity index (χ2v) is 4.08. The Morgan fingerprint density at radius 1 is 1.33 bits per heavy atom. The summed E-state index contributed by atoms with van der Waals surface area (Å²) in [5, 5.41) is 10.9. The van der Waals surface area contributed by atoms with E-state index in [2.05, 4.69) is 0 Å². The molecule has 0 heterocycles. The maximum absolute atomic E-state index is 13.2. The highest BCUT2D eigenvalue weighted by molar-refractivity contribution is 6.32. The van der Waals surface area contributed by atoms with Gasteiger partial charge in [-0.2, -0.15) is 0 Å². The van der Waals surface area contributed by atoms with Crippen molar-refractivity contribution < 1.29 is 23.5 Å². The first kappa shape index (κ1) is 17.4. The molecule has 0 fully saturated rings. The van der Waals surface area contributed by atoms with Gasteiger partial charge in [-0.05, 0) is 19.9 Å². The first-order chi connectivity index (χ1) is 9.99. The zero-order valence-electron chi connectivity index (χ0n) is 12.0. The molecule has 0 N–H and O–H groups in total. The minimum absolute atomic E-state index is 0.0781. The molecule has 0 saturated heterocycles. The normalized spacial score (nSPS) is 10.9. The Hall–Kier alpha value is -1.67. The van der Waals surface area contributed by atoms with Gasteiger partial charge in [0.2, 0.25) is 0 Å². The van der Waals surface area contributed by atoms with E-state index in [4.69, 9.17) is 22.1 Å². The zero-order valence-corrected chi connectivity index (χ0v) is 12.0. The third-order valence-corrected chi connectivity index (χ3v) is 2.59. The highest BCUT2D eigenvalue weighted by atomic mass is 19.1. The summed E-state index contributed by atoms with van der Waals surface area (Å²) in [4.78, 5) is 10.1. The van der Waals surface area contributed by atoms with Crippen LogP contribution >= 0.6 is 0 Å². The fraction of sp³-hybridized carbons (Fsp3) is 0.538. The molecule has 0 atom stereocenters. The Kier molecular flexibility index (Phi) is 7.11. The van der Waals surface area contributed by atoms with E-state index >= 15 is 0 Å². The second kappa shape index (κ2) is 8.58. The minimum Gasteiger partial charge on any atom is -0.487 e. The highest BCUT2D eigenvalue weighted by Gasteiger charge is 2.18. The van der Waals surface area contributed by atoms with Crippen LogP contribution in [0.4, 0.5) is 10.1 Å². The van der Waals surface area contributed by atoms with Crippen LogP contribution in [0.3, 0.4) is 0 Å². The standard InChI is InChI=1S/C13H17BFNO5/c1-3-19-13(20-4-2)5-6-21-12-7-9(14)10(15)8-11(12)16(17)18/h7-8,13H,3-6H2,1-2H3. The fourth-order valence-corrected chi connectivity index (χ4v) is 1.67. The number of benzene rings is 1. The summed E-state index contributed by atoms with van der Waals surface area (Å²) in [6, 6.07) is 1.84. The van der Waals surface area contributed by atoms with Crippen molar-refractivity contribution in [2.24, 2.45) is 0 Å². The van der Waals surface area contributed by atoms with Crippen LogP contribution in [0, 0.1) is 15.9 Å². The van der Waals surface area contributed by atoms with Gasteiger partial charge in [-0.3, -0.25) is 10.1 Å². The first-order valence-corrected chi connectivity index (χ1v) is 6.59. The summed E-state index contributed by atoms with van der Waals surface area (Å²) in [5.41, 5.74) is -0.673. The van der Waals surface area contributed by atoms with Crippen LogP contribution in [0.5, 0.6) is 5.75 Å². The minimum atomic E-state index is -0.851. The van der Waals surface area contributed by atoms with Gasteiger partial charge >= 0.3 is 5.69 Å². The third kappa shape index (κ3) is 5.32. The Morgan fingerprint density at radius 2 is 1.95 bits per heavy atom. The number of hydrogen-bond donors (Lipinski definition) is 0. The molecule has 6 nitrogen and oxygen atoms in total. The quantitative estimate of drug-likeness (QED) is 0.300. The molecule has 0 unspecified atom stereocenters. The van der Waals surface area contributed by atoms with E-state index in [1.807, 2.05) is 13.8 Å². The Morgan fingerprint density at radius 3 is 2.48 bits per heavy atom. The van der Waals surface area contributed by atoms with Crippen molar-refractivity contribution in [2.45, 2.75) is 26.6 Å². The van der Waals surface area contributed by atoms with Crippen molar-refractivity contribution in [2.75, 3.05) is 19.8 Å². The highest BCUT2D eigenvalue weighted by Crippen LogP contribution is 2.26. The van der Waals surface area contributed by atoms with Crippen LogP contribution in [-0.2, 0) is 9.47 Å². The van der Waals surface area contributed by atoms with Gasteiger partial charge in [-0.25, -0.2) is 4.39 Å². The van der Waals surface area contributed by atoms with Gasteiger partial charge in [0.25, 0.3) is 0 Å². The Labute approximate surface area is 123 Å². The lowest BCUT2D eigenvalue weighted by atomic mass is 9.95. The maximum Gasteiger partial charge on any atom is 0.313 e. The molecule has 1 rings (SSSR count). The number of nitro groups is 1. The van der Waals surface area contributed by atoms with E-state index in [0.717, 1.165) is 12.1 Å². The zero-order chi connectivity index (χ0) is 15.8. The number of nitro benzene ring substituents is 1. The van der Waals surface area contributed by atoms with Crippen molar-refractivity contribution in [3.8, 4) is 5.75 Å². The summed E-state index contributed by atoms with van der Waals surface area (Å²) in [6.07, 6.45) is -0.0623. The van der Waals surface area contributed by atoms with Crippen LogP contribution in [0.1, 0.15) is 20.3 Å². The number of rotatable bonds is 9. The smallest absolute Gasteiger partial charge is 0.313 e. The topological polar surface area (TPSA) is 70.8 Å². The van der Waals surface area contributed by atoms with Gasteiger partial charge in [0, 0.05) is 19.6 Å². The summed E-state index contributed by atoms with van der Waals surface area (Å²) >= 11 is 0. The molecule has 0 aromatic heterocycles. The fourth-order valence-electron chi connectivity index (χ4n) is 1.67. The number of hydrogen-bond acceptors (Lipinski definition) is 5. The van der Waals surface area contributed by atoms with Crippen LogP contribution < -0.4 is 10.2 Å². The van der Waals surface area contributed by atoms with Crippen molar-refractivity contribution in [1.82, 2.24) is 0 Å².